The first-order valence-corrected chi connectivity index (χ1v) is 40.3. The second-order valence-electron chi connectivity index (χ2n) is 27.2. The molecule has 0 fully saturated rings. The van der Waals surface area contributed by atoms with Gasteiger partial charge in [0, 0.05) is 42.2 Å². The molecule has 7 aromatic heterocycles. The van der Waals surface area contributed by atoms with Crippen LogP contribution < -0.4 is 4.18 Å². The monoisotopic (exact) mass is 1820 g/mol. The van der Waals surface area contributed by atoms with Gasteiger partial charge >= 0.3 is 34.0 Å². The summed E-state index contributed by atoms with van der Waals surface area (Å²) in [4.78, 5) is 67.8. The van der Waals surface area contributed by atoms with E-state index in [4.69, 9.17) is 4.18 Å². The molecule has 7 heterocycles. The number of Topliss-reactive ketones (excluding diaryl/α,β-unsaturated/α-hetero) is 2. The number of carbonyl (C=O) groups is 6. The normalized spacial score (nSPS) is 10.6. The van der Waals surface area contributed by atoms with Gasteiger partial charge in [-0.2, -0.15) is 8.42 Å². The summed E-state index contributed by atoms with van der Waals surface area (Å²) in [5, 5.41) is 61.8. The maximum Gasteiger partial charge on any atom is 0.360 e. The molecule has 0 aliphatic rings. The fourth-order valence-corrected chi connectivity index (χ4v) is 12.0. The van der Waals surface area contributed by atoms with Crippen molar-refractivity contribution < 1.29 is 101 Å². The standard InChI is InChI=1S/C17H15N3O.C12H11F2N3O2.C12H15N3O3S.C12H13N3O2.3C11H9F2N3O2/c1-13(21)16-17(15-10-6-3-7-11-15)20(19-18-16)12-14-8-4-2-5-9-14;1-7-11(12(18)19-2)15-16-17(7)6-8-9(13)4-3-5-10(8)14;1-3-11-12(18-19(2,16)17)13-14-15(11)9-10-7-5-4-6-8-10;1-9(17)12-11(8-16)15(14-13-12)7-10-5-3-2-4-6-10;1-18-11(17)10-6-16(15-14-10)5-7-2-8(12)4-9(13)3-7;1-18-11(17)10-6-16(15-14-10)5-7-4-8(12)2-3-9(7)13;1-18-11(17)10-6-16(15-14-10)5-7-8(12)3-2-4-9(7)13/h2-11H,12H2,1H3;3-5H,6H2,1-2H3;4-8H,3,9H2,1-2H3;2-6,16H,7-8H2,1H3;3*2-4,6H,5H2,1H3. The molecule has 44 heteroatoms. The number of aromatic nitrogens is 21. The summed E-state index contributed by atoms with van der Waals surface area (Å²) < 4.78 is 161. The van der Waals surface area contributed by atoms with E-state index in [0.29, 0.717) is 54.4 Å². The van der Waals surface area contributed by atoms with Gasteiger partial charge in [-0.1, -0.05) is 182 Å². The Morgan fingerprint density at radius 2 is 0.777 bits per heavy atom. The van der Waals surface area contributed by atoms with E-state index in [-0.39, 0.29) is 95.4 Å². The molecule has 0 atom stereocenters. The van der Waals surface area contributed by atoms with E-state index in [1.165, 1.54) is 99.2 Å². The maximum absolute atomic E-state index is 13.5. The molecule has 0 bridgehead atoms. The highest BCUT2D eigenvalue weighted by Gasteiger charge is 2.24. The minimum Gasteiger partial charge on any atom is -0.464 e. The zero-order valence-electron chi connectivity index (χ0n) is 70.6. The van der Waals surface area contributed by atoms with Crippen LogP contribution in [0.4, 0.5) is 35.1 Å². The molecule has 8 aromatic carbocycles. The van der Waals surface area contributed by atoms with Gasteiger partial charge in [0.1, 0.15) is 52.2 Å². The number of carbonyl (C=O) groups excluding carboxylic acids is 6. The highest BCUT2D eigenvalue weighted by atomic mass is 32.2. The van der Waals surface area contributed by atoms with Crippen molar-refractivity contribution in [3.8, 4) is 17.1 Å². The second kappa shape index (κ2) is 47.4. The number of aliphatic hydroxyl groups is 1. The molecule has 0 aliphatic carbocycles. The number of hydrogen-bond acceptors (Lipinski definition) is 28. The number of aliphatic hydroxyl groups excluding tert-OH is 1. The van der Waals surface area contributed by atoms with Crippen LogP contribution in [-0.4, -0.2) is 189 Å². The number of methoxy groups -OCH3 is 4. The first-order valence-electron chi connectivity index (χ1n) is 38.5. The van der Waals surface area contributed by atoms with Crippen molar-refractivity contribution in [1.29, 1.82) is 0 Å². The highest BCUT2D eigenvalue weighted by Crippen LogP contribution is 2.25. The quantitative estimate of drug-likeness (QED) is 0.0182. The molecule has 0 saturated heterocycles. The summed E-state index contributed by atoms with van der Waals surface area (Å²) in [5.74, 6) is -7.88. The number of rotatable bonds is 25. The summed E-state index contributed by atoms with van der Waals surface area (Å²) in [7, 11) is 1.28. The van der Waals surface area contributed by atoms with E-state index in [2.05, 4.69) is 91.1 Å². The van der Waals surface area contributed by atoms with Crippen molar-refractivity contribution in [3.63, 3.8) is 0 Å². The van der Waals surface area contributed by atoms with Gasteiger partial charge in [0.05, 0.1) is 123 Å². The van der Waals surface area contributed by atoms with Crippen LogP contribution in [0.3, 0.4) is 0 Å². The summed E-state index contributed by atoms with van der Waals surface area (Å²) in [5.41, 5.74) is 7.39. The van der Waals surface area contributed by atoms with E-state index in [0.717, 1.165) is 87.4 Å². The van der Waals surface area contributed by atoms with Gasteiger partial charge in [-0.05, 0) is 90.2 Å². The molecular formula is C86H81F8N21O14S. The van der Waals surface area contributed by atoms with Crippen LogP contribution in [0.5, 0.6) is 5.88 Å². The molecule has 15 rings (SSSR count). The second-order valence-corrected chi connectivity index (χ2v) is 28.8. The third kappa shape index (κ3) is 28.3. The van der Waals surface area contributed by atoms with E-state index in [1.54, 1.807) is 21.0 Å². The van der Waals surface area contributed by atoms with Crippen LogP contribution in [0.25, 0.3) is 11.3 Å². The number of ketones is 2. The number of esters is 4. The molecule has 0 unspecified atom stereocenters. The van der Waals surface area contributed by atoms with Crippen LogP contribution in [-0.2, 0) is 87.9 Å². The van der Waals surface area contributed by atoms with Crippen LogP contribution in [0.15, 0.2) is 213 Å². The third-order valence-corrected chi connectivity index (χ3v) is 18.3. The molecular weight excluding hydrogens is 1740 g/mol. The summed E-state index contributed by atoms with van der Waals surface area (Å²) in [6, 6.07) is 52.7. The molecule has 1 N–H and O–H groups in total. The topological polar surface area (TPSA) is 418 Å². The van der Waals surface area contributed by atoms with Crippen molar-refractivity contribution in [2.45, 2.75) is 86.5 Å². The molecule has 15 aromatic rings. The number of halogens is 8. The molecule has 0 radical (unpaired) electrons. The smallest absolute Gasteiger partial charge is 0.360 e. The van der Waals surface area contributed by atoms with Gasteiger partial charge in [-0.15, -0.1) is 30.6 Å². The van der Waals surface area contributed by atoms with E-state index in [9.17, 15) is 77.4 Å². The van der Waals surface area contributed by atoms with Crippen molar-refractivity contribution in [2.75, 3.05) is 34.7 Å². The lowest BCUT2D eigenvalue weighted by molar-refractivity contribution is 0.0584. The predicted molar refractivity (Wildman–Crippen MR) is 445 cm³/mol. The molecule has 0 aliphatic heterocycles. The number of benzene rings is 8. The lowest BCUT2D eigenvalue weighted by Crippen LogP contribution is -2.09. The first-order chi connectivity index (χ1) is 62.3. The average molecular weight is 1820 g/mol. The molecule has 130 heavy (non-hydrogen) atoms. The Bertz CT molecular complexity index is 6400. The fraction of sp³-hybridized carbons (Fsp3) is 0.209. The van der Waals surface area contributed by atoms with E-state index < -0.39 is 80.5 Å². The lowest BCUT2D eigenvalue weighted by atomic mass is 10.1. The van der Waals surface area contributed by atoms with Gasteiger partial charge in [-0.25, -0.2) is 87.1 Å². The van der Waals surface area contributed by atoms with Crippen molar-refractivity contribution >= 4 is 45.6 Å². The summed E-state index contributed by atoms with van der Waals surface area (Å²) in [6.07, 6.45) is 5.48. The summed E-state index contributed by atoms with van der Waals surface area (Å²) in [6.45, 7) is 7.57. The lowest BCUT2D eigenvalue weighted by Gasteiger charge is -2.07. The van der Waals surface area contributed by atoms with Gasteiger partial charge in [0.15, 0.2) is 45.7 Å². The predicted octanol–water partition coefficient (Wildman–Crippen LogP) is 11.3. The van der Waals surface area contributed by atoms with Crippen LogP contribution in [0, 0.1) is 53.5 Å². The van der Waals surface area contributed by atoms with E-state index in [1.807, 2.05) is 128 Å². The van der Waals surface area contributed by atoms with E-state index >= 15 is 0 Å². The molecule has 676 valence electrons. The maximum atomic E-state index is 13.5. The minimum absolute atomic E-state index is 0.00862. The van der Waals surface area contributed by atoms with Crippen molar-refractivity contribution in [2.24, 2.45) is 0 Å². The zero-order valence-corrected chi connectivity index (χ0v) is 71.5. The van der Waals surface area contributed by atoms with Crippen molar-refractivity contribution in [3.05, 3.63) is 349 Å². The number of hydrogen-bond donors (Lipinski definition) is 1. The van der Waals surface area contributed by atoms with Gasteiger partial charge in [0.25, 0.3) is 5.88 Å². The van der Waals surface area contributed by atoms with Gasteiger partial charge < -0.3 is 28.2 Å². The Hall–Kier alpha value is -15.9. The Morgan fingerprint density at radius 1 is 0.377 bits per heavy atom. The molecule has 0 spiro atoms. The number of ether oxygens (including phenoxy) is 4. The minimum atomic E-state index is -3.59. The zero-order chi connectivity index (χ0) is 94.1. The van der Waals surface area contributed by atoms with Gasteiger partial charge in [-0.3, -0.25) is 9.59 Å². The molecule has 35 nitrogen and oxygen atoms in total. The Morgan fingerprint density at radius 3 is 1.22 bits per heavy atom. The van der Waals surface area contributed by atoms with Crippen LogP contribution in [0.2, 0.25) is 0 Å². The Labute approximate surface area is 735 Å². The Balaban J connectivity index is 0.000000171. The number of nitrogens with zero attached hydrogens (tertiary/aromatic N) is 21. The first kappa shape index (κ1) is 97.9. The SMILES string of the molecule is CC(=O)c1nnn(Cc2ccccc2)c1-c1ccccc1.CC(=O)c1nnn(Cc2ccccc2)c1CO.CCc1c(OS(C)(=O)=O)nnn1Cc1ccccc1.COC(=O)c1cn(Cc2c(F)cccc2F)nn1.COC(=O)c1cn(Cc2cc(F)cc(F)c2)nn1.COC(=O)c1cn(Cc2cc(F)ccc2F)nn1.COC(=O)c1nnn(Cc2c(F)cccc2F)c1C. The van der Waals surface area contributed by atoms with Gasteiger partial charge in [0.2, 0.25) is 0 Å². The largest absolute Gasteiger partial charge is 0.464 e. The average Bonchev–Trinajstić information content (AvgIpc) is 1.66. The van der Waals surface area contributed by atoms with Crippen LogP contribution in [0.1, 0.15) is 140 Å². The van der Waals surface area contributed by atoms with Crippen molar-refractivity contribution in [1.82, 2.24) is 105 Å². The highest BCUT2D eigenvalue weighted by molar-refractivity contribution is 7.86. The van der Waals surface area contributed by atoms with Crippen LogP contribution >= 0.6 is 0 Å². The molecule has 0 saturated carbocycles. The Kier molecular flexibility index (Phi) is 35.7. The third-order valence-electron chi connectivity index (χ3n) is 17.8. The molecule has 0 amide bonds. The fourth-order valence-electron chi connectivity index (χ4n) is 11.6. The summed E-state index contributed by atoms with van der Waals surface area (Å²) >= 11 is 0.